The number of halogens is 3. The average Bonchev–Trinajstić information content (AvgIpc) is 2.36. The Morgan fingerprint density at radius 2 is 1.72 bits per heavy atom. The van der Waals surface area contributed by atoms with E-state index >= 15 is 0 Å². The molecule has 92 valence electrons. The third-order valence-corrected chi connectivity index (χ3v) is 3.24. The fourth-order valence-corrected chi connectivity index (χ4v) is 2.01. The largest absolute Gasteiger partial charge is 0.297 e. The molecule has 0 unspecified atom stereocenters. The van der Waals surface area contributed by atoms with Gasteiger partial charge in [-0.3, -0.25) is 10.1 Å². The molecule has 0 radical (unpaired) electrons. The van der Waals surface area contributed by atoms with Crippen molar-refractivity contribution < 1.29 is 9.31 Å². The summed E-state index contributed by atoms with van der Waals surface area (Å²) in [5.41, 5.74) is 0.212. The third-order valence-electron chi connectivity index (χ3n) is 2.40. The minimum absolute atomic E-state index is 0.104. The number of hydrogen-bond acceptors (Lipinski definition) is 2. The molecule has 0 aliphatic carbocycles. The fourth-order valence-electron chi connectivity index (χ4n) is 1.60. The monoisotopic (exact) mass is 285 g/mol. The topological polar surface area (TPSA) is 43.1 Å². The molecule has 0 fully saturated rings. The maximum atomic E-state index is 13.5. The molecule has 0 saturated heterocycles. The van der Waals surface area contributed by atoms with E-state index in [0.29, 0.717) is 5.56 Å². The Bertz CT molecular complexity index is 617. The second-order valence-corrected chi connectivity index (χ2v) is 4.26. The zero-order valence-corrected chi connectivity index (χ0v) is 10.4. The summed E-state index contributed by atoms with van der Waals surface area (Å²) in [7, 11) is 0. The summed E-state index contributed by atoms with van der Waals surface area (Å²) >= 11 is 11.3. The molecule has 3 nitrogen and oxygen atoms in total. The Labute approximate surface area is 112 Å². The summed E-state index contributed by atoms with van der Waals surface area (Å²) in [6.07, 6.45) is 0. The number of nitro groups is 1. The van der Waals surface area contributed by atoms with Gasteiger partial charge in [-0.05, 0) is 11.6 Å². The quantitative estimate of drug-likeness (QED) is 0.456. The van der Waals surface area contributed by atoms with Crippen LogP contribution >= 0.6 is 23.2 Å². The van der Waals surface area contributed by atoms with Crippen molar-refractivity contribution in [2.75, 3.05) is 0 Å². The molecular weight excluding hydrogens is 280 g/mol. The van der Waals surface area contributed by atoms with Crippen LogP contribution in [0.5, 0.6) is 0 Å². The highest BCUT2D eigenvalue weighted by atomic mass is 35.5. The van der Waals surface area contributed by atoms with Gasteiger partial charge in [-0.15, -0.1) is 0 Å². The van der Waals surface area contributed by atoms with Crippen LogP contribution in [0, 0.1) is 15.9 Å². The number of nitro benzene ring substituents is 1. The van der Waals surface area contributed by atoms with Crippen LogP contribution in [0.4, 0.5) is 10.1 Å². The van der Waals surface area contributed by atoms with Crippen LogP contribution in [0.1, 0.15) is 0 Å². The second-order valence-electron chi connectivity index (χ2n) is 3.51. The fraction of sp³-hybridized carbons (Fsp3) is 0. The Morgan fingerprint density at radius 1 is 1.11 bits per heavy atom. The van der Waals surface area contributed by atoms with E-state index < -0.39 is 21.5 Å². The summed E-state index contributed by atoms with van der Waals surface area (Å²) in [4.78, 5) is 10.3. The first kappa shape index (κ1) is 12.8. The van der Waals surface area contributed by atoms with Crippen LogP contribution < -0.4 is 0 Å². The van der Waals surface area contributed by atoms with Crippen molar-refractivity contribution in [3.05, 3.63) is 62.4 Å². The molecular formula is C12H6Cl2FNO2. The third kappa shape index (κ3) is 2.17. The molecule has 0 amide bonds. The van der Waals surface area contributed by atoms with E-state index in [4.69, 9.17) is 23.2 Å². The molecule has 2 rings (SSSR count). The van der Waals surface area contributed by atoms with Crippen LogP contribution in [0.25, 0.3) is 11.1 Å². The number of benzene rings is 2. The Kier molecular flexibility index (Phi) is 3.50. The van der Waals surface area contributed by atoms with Crippen molar-refractivity contribution in [1.82, 2.24) is 0 Å². The molecule has 0 N–H and O–H groups in total. The summed E-state index contributed by atoms with van der Waals surface area (Å²) in [5, 5.41) is 10.2. The van der Waals surface area contributed by atoms with Gasteiger partial charge >= 0.3 is 0 Å². The Hall–Kier alpha value is -1.65. The summed E-state index contributed by atoms with van der Waals surface area (Å²) in [6, 6.07) is 9.42. The van der Waals surface area contributed by atoms with Crippen molar-refractivity contribution >= 4 is 28.9 Å². The predicted octanol–water partition coefficient (Wildman–Crippen LogP) is 4.71. The molecule has 0 saturated carbocycles. The second kappa shape index (κ2) is 4.92. The molecule has 0 aliphatic heterocycles. The van der Waals surface area contributed by atoms with Gasteiger partial charge in [0, 0.05) is 0 Å². The van der Waals surface area contributed by atoms with Crippen molar-refractivity contribution in [3.8, 4) is 11.1 Å². The first-order chi connectivity index (χ1) is 8.52. The molecule has 2 aromatic carbocycles. The standard InChI is InChI=1S/C12H6Cl2FNO2/c13-10-9(15)6-8(7-4-2-1-3-5-7)12(11(10)14)16(17)18/h1-6H. The lowest BCUT2D eigenvalue weighted by atomic mass is 10.0. The lowest BCUT2D eigenvalue weighted by molar-refractivity contribution is -0.384. The first-order valence-corrected chi connectivity index (χ1v) is 5.65. The molecule has 0 aromatic heterocycles. The van der Waals surface area contributed by atoms with Gasteiger partial charge in [0.15, 0.2) is 0 Å². The van der Waals surface area contributed by atoms with Crippen LogP contribution in [0.15, 0.2) is 36.4 Å². The van der Waals surface area contributed by atoms with E-state index in [9.17, 15) is 14.5 Å². The highest BCUT2D eigenvalue weighted by molar-refractivity contribution is 6.43. The summed E-state index contributed by atoms with van der Waals surface area (Å²) < 4.78 is 13.5. The number of nitrogens with zero attached hydrogens (tertiary/aromatic N) is 1. The normalized spacial score (nSPS) is 10.4. The molecule has 0 aliphatic rings. The lowest BCUT2D eigenvalue weighted by Gasteiger charge is -2.07. The van der Waals surface area contributed by atoms with E-state index in [2.05, 4.69) is 0 Å². The van der Waals surface area contributed by atoms with Crippen LogP contribution in [0.3, 0.4) is 0 Å². The molecule has 6 heteroatoms. The smallest absolute Gasteiger partial charge is 0.258 e. The van der Waals surface area contributed by atoms with Gasteiger partial charge in [-0.2, -0.15) is 0 Å². The number of hydrogen-bond donors (Lipinski definition) is 0. The van der Waals surface area contributed by atoms with E-state index in [1.807, 2.05) is 0 Å². The average molecular weight is 286 g/mol. The van der Waals surface area contributed by atoms with Gasteiger partial charge in [-0.25, -0.2) is 4.39 Å². The predicted molar refractivity (Wildman–Crippen MR) is 68.5 cm³/mol. The van der Waals surface area contributed by atoms with Crippen LogP contribution in [-0.4, -0.2) is 4.92 Å². The Balaban J connectivity index is 2.78. The summed E-state index contributed by atoms with van der Waals surface area (Å²) in [6.45, 7) is 0. The van der Waals surface area contributed by atoms with Crippen molar-refractivity contribution in [2.24, 2.45) is 0 Å². The maximum absolute atomic E-state index is 13.5. The van der Waals surface area contributed by atoms with E-state index in [1.165, 1.54) is 0 Å². The van der Waals surface area contributed by atoms with Gasteiger partial charge < -0.3 is 0 Å². The zero-order chi connectivity index (χ0) is 13.3. The SMILES string of the molecule is O=[N+]([O-])c1c(-c2ccccc2)cc(F)c(Cl)c1Cl. The van der Waals surface area contributed by atoms with Crippen LogP contribution in [-0.2, 0) is 0 Å². The van der Waals surface area contributed by atoms with Crippen molar-refractivity contribution in [2.45, 2.75) is 0 Å². The van der Waals surface area contributed by atoms with Crippen LogP contribution in [0.2, 0.25) is 10.0 Å². The van der Waals surface area contributed by atoms with Crippen molar-refractivity contribution in [3.63, 3.8) is 0 Å². The van der Waals surface area contributed by atoms with E-state index in [0.717, 1.165) is 6.07 Å². The zero-order valence-electron chi connectivity index (χ0n) is 8.86. The molecule has 0 atom stereocenters. The Morgan fingerprint density at radius 3 is 2.28 bits per heavy atom. The highest BCUT2D eigenvalue weighted by Crippen LogP contribution is 2.41. The molecule has 0 bridgehead atoms. The molecule has 0 heterocycles. The highest BCUT2D eigenvalue weighted by Gasteiger charge is 2.25. The van der Waals surface area contributed by atoms with E-state index in [1.54, 1.807) is 30.3 Å². The molecule has 18 heavy (non-hydrogen) atoms. The molecule has 0 spiro atoms. The minimum Gasteiger partial charge on any atom is -0.258 e. The first-order valence-electron chi connectivity index (χ1n) is 4.89. The molecule has 2 aromatic rings. The van der Waals surface area contributed by atoms with E-state index in [-0.39, 0.29) is 10.6 Å². The van der Waals surface area contributed by atoms with Crippen molar-refractivity contribution in [1.29, 1.82) is 0 Å². The van der Waals surface area contributed by atoms with Gasteiger partial charge in [0.25, 0.3) is 5.69 Å². The minimum atomic E-state index is -0.786. The van der Waals surface area contributed by atoms with Gasteiger partial charge in [0.05, 0.1) is 10.5 Å². The van der Waals surface area contributed by atoms with Gasteiger partial charge in [0.1, 0.15) is 15.9 Å². The van der Waals surface area contributed by atoms with Gasteiger partial charge in [-0.1, -0.05) is 53.5 Å². The summed E-state index contributed by atoms with van der Waals surface area (Å²) in [5.74, 6) is -0.786. The van der Waals surface area contributed by atoms with Gasteiger partial charge in [0.2, 0.25) is 0 Å². The number of rotatable bonds is 2. The maximum Gasteiger partial charge on any atom is 0.297 e. The lowest BCUT2D eigenvalue weighted by Crippen LogP contribution is -1.96.